The molecular weight excluding hydrogens is 702 g/mol. The molecule has 55 heavy (non-hydrogen) atoms. The minimum absolute atomic E-state index is 0.0395. The molecule has 12 atom stereocenters. The van der Waals surface area contributed by atoms with Gasteiger partial charge in [0.05, 0.1) is 59.5 Å². The smallest absolute Gasteiger partial charge is 0.185 e. The number of nitrogens with zero attached hydrogens (tertiary/aromatic N) is 4. The Morgan fingerprint density at radius 2 is 1.84 bits per heavy atom. The van der Waals surface area contributed by atoms with Crippen LogP contribution in [0.15, 0.2) is 35.7 Å². The molecular formula is C42H67N5O8. The largest absolute Gasteiger partial charge is 0.391 e. The molecule has 13 heteroatoms. The van der Waals surface area contributed by atoms with Crippen LogP contribution >= 0.6 is 0 Å². The maximum atomic E-state index is 14.4. The zero-order chi connectivity index (χ0) is 40.5. The van der Waals surface area contributed by atoms with Crippen molar-refractivity contribution in [1.29, 1.82) is 5.41 Å². The van der Waals surface area contributed by atoms with Gasteiger partial charge in [-0.15, -0.1) is 0 Å². The van der Waals surface area contributed by atoms with E-state index in [1.165, 1.54) is 6.21 Å². The molecule has 0 spiro atoms. The standard InChI is InChI=1S/C42H67N5O8/c1-11-31-14-15-32(46-53-24-30-13-16-33-34(20-30)45-18-17-44-33)25-52-41(7,21-26(3)22-43)39(55-40-38(49)35(47(9)10)19-28(5)54-40)29(6)37(48)27(4)23-51-36(12-2)42(31,8)50/h13,16-18,20,22,26-29,31,35-36,38-40,43,49-50H,11-12,14-15,19,21,23-25H2,1-10H3/b43-22?,46-32+/t26-,27+,28-,29+,31+,35+,36-,38-,39-,40?,41-,42+/m1/s1. The molecule has 2 aliphatic rings. The van der Waals surface area contributed by atoms with Crippen LogP contribution in [0.5, 0.6) is 0 Å². The molecule has 1 aromatic heterocycles. The predicted octanol–water partition coefficient (Wildman–Crippen LogP) is 5.97. The number of hydrogen-bond donors (Lipinski definition) is 3. The van der Waals surface area contributed by atoms with E-state index in [1.807, 2.05) is 85.7 Å². The Labute approximate surface area is 328 Å². The Kier molecular flexibility index (Phi) is 16.3. The van der Waals surface area contributed by atoms with Gasteiger partial charge < -0.3 is 44.3 Å². The van der Waals surface area contributed by atoms with Gasteiger partial charge in [0.1, 0.15) is 18.5 Å². The first kappa shape index (κ1) is 44.8. The van der Waals surface area contributed by atoms with Gasteiger partial charge in [-0.05, 0) is 103 Å². The number of ketones is 1. The molecule has 0 saturated carbocycles. The molecule has 0 radical (unpaired) electrons. The van der Waals surface area contributed by atoms with Crippen LogP contribution in [-0.4, -0.2) is 118 Å². The number of aliphatic hydroxyl groups is 2. The number of Topliss-reactive ketones (excluding diaryl/α,β-unsaturated/α-hetero) is 1. The first-order chi connectivity index (χ1) is 26.0. The van der Waals surface area contributed by atoms with Crippen LogP contribution in [0.25, 0.3) is 11.0 Å². The minimum Gasteiger partial charge on any atom is -0.391 e. The second kappa shape index (κ2) is 20.0. The second-order valence-corrected chi connectivity index (χ2v) is 16.6. The van der Waals surface area contributed by atoms with E-state index in [9.17, 15) is 15.0 Å². The Balaban J connectivity index is 1.76. The van der Waals surface area contributed by atoms with E-state index in [1.54, 1.807) is 12.4 Å². The van der Waals surface area contributed by atoms with Crippen LogP contribution in [0.3, 0.4) is 0 Å². The number of benzene rings is 1. The van der Waals surface area contributed by atoms with E-state index in [-0.39, 0.29) is 49.6 Å². The molecule has 3 heterocycles. The summed E-state index contributed by atoms with van der Waals surface area (Å²) in [5, 5.41) is 36.3. The van der Waals surface area contributed by atoms with Crippen molar-refractivity contribution in [2.24, 2.45) is 28.8 Å². The monoisotopic (exact) mass is 769 g/mol. The summed E-state index contributed by atoms with van der Waals surface area (Å²) in [5.74, 6) is -1.73. The van der Waals surface area contributed by atoms with Crippen molar-refractivity contribution in [2.75, 3.05) is 27.3 Å². The fourth-order valence-electron chi connectivity index (χ4n) is 8.39. The average molecular weight is 770 g/mol. The molecule has 3 N–H and O–H groups in total. The lowest BCUT2D eigenvalue weighted by Crippen LogP contribution is -2.59. The molecule has 13 nitrogen and oxygen atoms in total. The van der Waals surface area contributed by atoms with Crippen LogP contribution in [0.4, 0.5) is 0 Å². The number of ether oxygens (including phenoxy) is 4. The van der Waals surface area contributed by atoms with Crippen molar-refractivity contribution in [3.8, 4) is 0 Å². The molecule has 1 unspecified atom stereocenters. The number of carbonyl (C=O) groups excluding carboxylic acids is 1. The molecule has 308 valence electrons. The fourth-order valence-corrected chi connectivity index (χ4v) is 8.39. The number of aliphatic hydroxyl groups excluding tert-OH is 1. The van der Waals surface area contributed by atoms with E-state index < -0.39 is 47.6 Å². The maximum absolute atomic E-state index is 14.4. The molecule has 2 aromatic rings. The third-order valence-corrected chi connectivity index (χ3v) is 11.8. The van der Waals surface area contributed by atoms with Gasteiger partial charge in [-0.3, -0.25) is 14.8 Å². The normalized spacial score (nSPS) is 36.0. The molecule has 2 aliphatic heterocycles. The summed E-state index contributed by atoms with van der Waals surface area (Å²) in [6, 6.07) is 5.53. The zero-order valence-corrected chi connectivity index (χ0v) is 34.7. The average Bonchev–Trinajstić information content (AvgIpc) is 3.15. The highest BCUT2D eigenvalue weighted by atomic mass is 16.7. The molecule has 0 aliphatic carbocycles. The van der Waals surface area contributed by atoms with Gasteiger partial charge in [-0.25, -0.2) is 0 Å². The fraction of sp³-hybridized carbons (Fsp3) is 0.738. The number of carbonyl (C=O) groups is 1. The highest BCUT2D eigenvalue weighted by molar-refractivity contribution is 5.85. The van der Waals surface area contributed by atoms with Gasteiger partial charge in [0, 0.05) is 30.3 Å². The Morgan fingerprint density at radius 3 is 2.49 bits per heavy atom. The number of rotatable bonds is 11. The lowest BCUT2D eigenvalue weighted by Gasteiger charge is -2.47. The number of nitrogens with one attached hydrogen (secondary N) is 1. The van der Waals surface area contributed by atoms with Crippen molar-refractivity contribution in [3.05, 3.63) is 36.2 Å². The SMILES string of the molecule is CC[C@H]1CC/C(=N\OCc2ccc3nccnc3c2)CO[C@](C)(C[C@@H](C)C=N)[C@H](OC2O[C@H](C)C[C@H](N(C)C)[C@H]2O)[C@@H](C)C(=O)[C@@H](C)CO[C@H](CC)[C@@]1(C)O. The zero-order valence-electron chi connectivity index (χ0n) is 34.7. The van der Waals surface area contributed by atoms with Gasteiger partial charge in [0.15, 0.2) is 6.29 Å². The first-order valence-electron chi connectivity index (χ1n) is 20.1. The van der Waals surface area contributed by atoms with E-state index in [0.717, 1.165) is 16.6 Å². The van der Waals surface area contributed by atoms with Crippen LogP contribution in [-0.2, 0) is 35.2 Å². The Bertz CT molecular complexity index is 1570. The summed E-state index contributed by atoms with van der Waals surface area (Å²) in [5.41, 5.74) is 0.717. The van der Waals surface area contributed by atoms with Gasteiger partial charge in [0.25, 0.3) is 0 Å². The number of likely N-dealkylation sites (N-methyl/N-ethyl adjacent to an activating group) is 1. The van der Waals surface area contributed by atoms with Gasteiger partial charge >= 0.3 is 0 Å². The lowest BCUT2D eigenvalue weighted by atomic mass is 9.78. The number of oxime groups is 1. The van der Waals surface area contributed by atoms with Crippen LogP contribution in [0.2, 0.25) is 0 Å². The van der Waals surface area contributed by atoms with Crippen LogP contribution in [0.1, 0.15) is 99.5 Å². The highest BCUT2D eigenvalue weighted by Gasteiger charge is 2.49. The Hall–Kier alpha value is -2.91. The number of fused-ring (bicyclic) bond motifs is 1. The van der Waals surface area contributed by atoms with Gasteiger partial charge in [-0.2, -0.15) is 0 Å². The van der Waals surface area contributed by atoms with Crippen LogP contribution < -0.4 is 0 Å². The van der Waals surface area contributed by atoms with E-state index in [4.69, 9.17) is 29.2 Å². The summed E-state index contributed by atoms with van der Waals surface area (Å²) < 4.78 is 26.4. The molecule has 0 amide bonds. The second-order valence-electron chi connectivity index (χ2n) is 16.6. The Morgan fingerprint density at radius 1 is 1.13 bits per heavy atom. The summed E-state index contributed by atoms with van der Waals surface area (Å²) in [4.78, 5) is 31.1. The van der Waals surface area contributed by atoms with Crippen molar-refractivity contribution in [3.63, 3.8) is 0 Å². The summed E-state index contributed by atoms with van der Waals surface area (Å²) in [6.07, 6.45) is 4.34. The van der Waals surface area contributed by atoms with E-state index in [2.05, 4.69) is 22.0 Å². The topological polar surface area (TPSA) is 169 Å². The summed E-state index contributed by atoms with van der Waals surface area (Å²) >= 11 is 0. The lowest BCUT2D eigenvalue weighted by molar-refractivity contribution is -0.296. The molecule has 2 fully saturated rings. The van der Waals surface area contributed by atoms with Crippen molar-refractivity contribution < 1.29 is 38.8 Å². The first-order valence-corrected chi connectivity index (χ1v) is 20.1. The quantitative estimate of drug-likeness (QED) is 0.182. The summed E-state index contributed by atoms with van der Waals surface area (Å²) in [6.45, 7) is 15.7. The molecule has 0 bridgehead atoms. The molecule has 2 saturated heterocycles. The highest BCUT2D eigenvalue weighted by Crippen LogP contribution is 2.38. The molecule has 4 rings (SSSR count). The molecule has 1 aromatic carbocycles. The third kappa shape index (κ3) is 11.4. The number of aromatic nitrogens is 2. The predicted molar refractivity (Wildman–Crippen MR) is 213 cm³/mol. The van der Waals surface area contributed by atoms with Crippen LogP contribution in [0, 0.1) is 29.1 Å². The third-order valence-electron chi connectivity index (χ3n) is 11.8. The van der Waals surface area contributed by atoms with Gasteiger partial charge in [-0.1, -0.05) is 52.3 Å². The van der Waals surface area contributed by atoms with E-state index in [0.29, 0.717) is 44.2 Å². The number of hydrogen-bond acceptors (Lipinski definition) is 13. The van der Waals surface area contributed by atoms with Crippen molar-refractivity contribution >= 4 is 28.7 Å². The summed E-state index contributed by atoms with van der Waals surface area (Å²) in [7, 11) is 3.84. The van der Waals surface area contributed by atoms with E-state index >= 15 is 0 Å². The van der Waals surface area contributed by atoms with Gasteiger partial charge in [0.2, 0.25) is 0 Å². The maximum Gasteiger partial charge on any atom is 0.185 e. The van der Waals surface area contributed by atoms with Crippen molar-refractivity contribution in [2.45, 2.75) is 148 Å². The minimum atomic E-state index is -1.18. The van der Waals surface area contributed by atoms with Crippen molar-refractivity contribution in [1.82, 2.24) is 14.9 Å².